The topological polar surface area (TPSA) is 84.9 Å². The summed E-state index contributed by atoms with van der Waals surface area (Å²) in [7, 11) is 3.09. The molecule has 1 unspecified atom stereocenters. The van der Waals surface area contributed by atoms with Crippen LogP contribution in [0.15, 0.2) is 18.2 Å². The van der Waals surface area contributed by atoms with Crippen molar-refractivity contribution in [3.63, 3.8) is 0 Å². The molecule has 0 saturated carbocycles. The summed E-state index contributed by atoms with van der Waals surface area (Å²) in [6, 6.07) is 5.12. The van der Waals surface area contributed by atoms with E-state index in [1.54, 1.807) is 32.2 Å². The number of aliphatic carboxylic acids is 1. The largest absolute Gasteiger partial charge is 0.493 e. The summed E-state index contributed by atoms with van der Waals surface area (Å²) in [5.74, 6) is 0.161. The van der Waals surface area contributed by atoms with Gasteiger partial charge in [0.2, 0.25) is 5.91 Å². The van der Waals surface area contributed by atoms with Crippen LogP contribution in [-0.4, -0.2) is 37.2 Å². The molecule has 1 atom stereocenters. The molecule has 2 N–H and O–H groups in total. The minimum absolute atomic E-state index is 0.0395. The van der Waals surface area contributed by atoms with E-state index in [9.17, 15) is 9.59 Å². The highest BCUT2D eigenvalue weighted by Crippen LogP contribution is 2.27. The number of rotatable bonds is 8. The normalized spacial score (nSPS) is 11.6. The van der Waals surface area contributed by atoms with E-state index in [2.05, 4.69) is 5.32 Å². The van der Waals surface area contributed by atoms with Crippen LogP contribution in [0.5, 0.6) is 11.5 Å². The highest BCUT2D eigenvalue weighted by atomic mass is 16.5. The van der Waals surface area contributed by atoms with Gasteiger partial charge in [-0.3, -0.25) is 9.59 Å². The number of benzene rings is 1. The number of nitrogens with one attached hydrogen (secondary N) is 1. The maximum Gasteiger partial charge on any atom is 0.303 e. The molecule has 0 fully saturated rings. The second kappa shape index (κ2) is 8.14. The van der Waals surface area contributed by atoms with Crippen LogP contribution in [0.4, 0.5) is 0 Å². The zero-order valence-electron chi connectivity index (χ0n) is 12.5. The number of carboxylic acid groups (broad SMARTS) is 1. The number of methoxy groups -OCH3 is 2. The number of carbonyl (C=O) groups is 2. The van der Waals surface area contributed by atoms with E-state index in [4.69, 9.17) is 14.6 Å². The van der Waals surface area contributed by atoms with Gasteiger partial charge in [-0.15, -0.1) is 0 Å². The number of carbonyl (C=O) groups excluding carboxylic acids is 1. The van der Waals surface area contributed by atoms with Crippen molar-refractivity contribution < 1.29 is 24.2 Å². The lowest BCUT2D eigenvalue weighted by atomic mass is 10.1. The second-order valence-corrected chi connectivity index (χ2v) is 4.77. The van der Waals surface area contributed by atoms with E-state index in [-0.39, 0.29) is 24.8 Å². The average Bonchev–Trinajstić information content (AvgIpc) is 2.44. The zero-order valence-corrected chi connectivity index (χ0v) is 12.5. The fraction of sp³-hybridized carbons (Fsp3) is 0.467. The van der Waals surface area contributed by atoms with Crippen LogP contribution < -0.4 is 14.8 Å². The predicted molar refractivity (Wildman–Crippen MR) is 77.7 cm³/mol. The van der Waals surface area contributed by atoms with Crippen molar-refractivity contribution in [2.45, 2.75) is 32.2 Å². The first kappa shape index (κ1) is 16.8. The van der Waals surface area contributed by atoms with Crippen LogP contribution >= 0.6 is 0 Å². The third kappa shape index (κ3) is 5.72. The third-order valence-corrected chi connectivity index (χ3v) is 3.01. The number of amides is 1. The minimum Gasteiger partial charge on any atom is -0.493 e. The van der Waals surface area contributed by atoms with Crippen molar-refractivity contribution in [3.05, 3.63) is 23.8 Å². The summed E-state index contributed by atoms with van der Waals surface area (Å²) >= 11 is 0. The van der Waals surface area contributed by atoms with Crippen molar-refractivity contribution in [2.24, 2.45) is 0 Å². The Morgan fingerprint density at radius 2 is 1.90 bits per heavy atom. The summed E-state index contributed by atoms with van der Waals surface area (Å²) in [6.07, 6.45) is 0.655. The summed E-state index contributed by atoms with van der Waals surface area (Å²) in [5.41, 5.74) is 0.801. The molecule has 0 aliphatic carbocycles. The molecule has 1 amide bonds. The first-order valence-electron chi connectivity index (χ1n) is 6.68. The molecule has 6 heteroatoms. The molecule has 1 rings (SSSR count). The van der Waals surface area contributed by atoms with Crippen LogP contribution in [0.1, 0.15) is 25.3 Å². The van der Waals surface area contributed by atoms with Crippen molar-refractivity contribution in [1.29, 1.82) is 0 Å². The van der Waals surface area contributed by atoms with Crippen molar-refractivity contribution >= 4 is 11.9 Å². The van der Waals surface area contributed by atoms with Crippen molar-refractivity contribution in [2.75, 3.05) is 14.2 Å². The Morgan fingerprint density at radius 1 is 1.24 bits per heavy atom. The molecular weight excluding hydrogens is 274 g/mol. The van der Waals surface area contributed by atoms with Gasteiger partial charge in [0, 0.05) is 12.5 Å². The molecule has 6 nitrogen and oxygen atoms in total. The van der Waals surface area contributed by atoms with E-state index in [0.29, 0.717) is 17.9 Å². The van der Waals surface area contributed by atoms with E-state index in [0.717, 1.165) is 5.56 Å². The van der Waals surface area contributed by atoms with Gasteiger partial charge < -0.3 is 19.9 Å². The van der Waals surface area contributed by atoms with Gasteiger partial charge in [-0.1, -0.05) is 6.07 Å². The van der Waals surface area contributed by atoms with Crippen LogP contribution in [-0.2, 0) is 16.0 Å². The van der Waals surface area contributed by atoms with Gasteiger partial charge >= 0.3 is 5.97 Å². The minimum atomic E-state index is -0.865. The smallest absolute Gasteiger partial charge is 0.303 e. The Morgan fingerprint density at radius 3 is 2.48 bits per heavy atom. The van der Waals surface area contributed by atoms with Crippen LogP contribution in [0.25, 0.3) is 0 Å². The maximum absolute atomic E-state index is 11.9. The Hall–Kier alpha value is -2.24. The number of hydrogen-bond acceptors (Lipinski definition) is 4. The third-order valence-electron chi connectivity index (χ3n) is 3.01. The van der Waals surface area contributed by atoms with Crippen molar-refractivity contribution in [1.82, 2.24) is 5.32 Å². The molecule has 0 saturated heterocycles. The molecular formula is C15H21NO5. The molecule has 1 aromatic rings. The molecule has 21 heavy (non-hydrogen) atoms. The highest BCUT2D eigenvalue weighted by Gasteiger charge is 2.11. The second-order valence-electron chi connectivity index (χ2n) is 4.77. The summed E-state index contributed by atoms with van der Waals surface area (Å²) in [5, 5.41) is 11.4. The SMILES string of the molecule is COc1ccc(CC(=O)NC(C)CCC(=O)O)cc1OC. The van der Waals surface area contributed by atoms with Gasteiger partial charge in [0.25, 0.3) is 0 Å². The van der Waals surface area contributed by atoms with Gasteiger partial charge in [-0.05, 0) is 31.0 Å². The molecule has 0 aliphatic heterocycles. The molecule has 0 radical (unpaired) electrons. The molecule has 0 aromatic heterocycles. The molecule has 0 heterocycles. The number of hydrogen-bond donors (Lipinski definition) is 2. The maximum atomic E-state index is 11.9. The quantitative estimate of drug-likeness (QED) is 0.761. The van der Waals surface area contributed by atoms with E-state index >= 15 is 0 Å². The molecule has 0 spiro atoms. The van der Waals surface area contributed by atoms with Crippen LogP contribution in [0.3, 0.4) is 0 Å². The summed E-state index contributed by atoms with van der Waals surface area (Å²) in [6.45, 7) is 1.79. The molecule has 0 aliphatic rings. The number of carboxylic acids is 1. The lowest BCUT2D eigenvalue weighted by Crippen LogP contribution is -2.34. The molecule has 0 bridgehead atoms. The lowest BCUT2D eigenvalue weighted by Gasteiger charge is -2.13. The number of ether oxygens (including phenoxy) is 2. The predicted octanol–water partition coefficient (Wildman–Crippen LogP) is 1.62. The first-order chi connectivity index (χ1) is 9.96. The van der Waals surface area contributed by atoms with Gasteiger partial charge in [0.05, 0.1) is 20.6 Å². The first-order valence-corrected chi connectivity index (χ1v) is 6.68. The Kier molecular flexibility index (Phi) is 6.52. The molecule has 1 aromatic carbocycles. The van der Waals surface area contributed by atoms with E-state index < -0.39 is 5.97 Å². The summed E-state index contributed by atoms with van der Waals surface area (Å²) in [4.78, 5) is 22.4. The van der Waals surface area contributed by atoms with Crippen LogP contribution in [0, 0.1) is 0 Å². The monoisotopic (exact) mass is 295 g/mol. The Balaban J connectivity index is 2.56. The Labute approximate surface area is 124 Å². The standard InChI is InChI=1S/C15H21NO5/c1-10(4-7-15(18)19)16-14(17)9-11-5-6-12(20-2)13(8-11)21-3/h5-6,8,10H,4,7,9H2,1-3H3,(H,16,17)(H,18,19). The zero-order chi connectivity index (χ0) is 15.8. The van der Waals surface area contributed by atoms with Gasteiger partial charge in [-0.25, -0.2) is 0 Å². The van der Waals surface area contributed by atoms with Gasteiger partial charge in [0.1, 0.15) is 0 Å². The molecule has 116 valence electrons. The Bertz CT molecular complexity index is 501. The van der Waals surface area contributed by atoms with Gasteiger partial charge in [0.15, 0.2) is 11.5 Å². The van der Waals surface area contributed by atoms with E-state index in [1.165, 1.54) is 7.11 Å². The van der Waals surface area contributed by atoms with Gasteiger partial charge in [-0.2, -0.15) is 0 Å². The lowest BCUT2D eigenvalue weighted by molar-refractivity contribution is -0.137. The fourth-order valence-corrected chi connectivity index (χ4v) is 1.91. The van der Waals surface area contributed by atoms with Crippen molar-refractivity contribution in [3.8, 4) is 11.5 Å². The highest BCUT2D eigenvalue weighted by molar-refractivity contribution is 5.79. The average molecular weight is 295 g/mol. The van der Waals surface area contributed by atoms with Crippen LogP contribution in [0.2, 0.25) is 0 Å². The fourth-order valence-electron chi connectivity index (χ4n) is 1.91. The summed E-state index contributed by atoms with van der Waals surface area (Å²) < 4.78 is 10.3. The van der Waals surface area contributed by atoms with E-state index in [1.807, 2.05) is 0 Å².